The first kappa shape index (κ1) is 11.6. The summed E-state index contributed by atoms with van der Waals surface area (Å²) in [4.78, 5) is 4.44. The summed E-state index contributed by atoms with van der Waals surface area (Å²) >= 11 is 0. The SMILES string of the molecule is CCc1cc(C2CC2)n(-c2cccc3ncccc23)n1. The third-order valence-electron chi connectivity index (χ3n) is 4.00. The number of hydrogen-bond acceptors (Lipinski definition) is 2. The van der Waals surface area contributed by atoms with Crippen molar-refractivity contribution in [2.75, 3.05) is 0 Å². The van der Waals surface area contributed by atoms with Gasteiger partial charge in [0.2, 0.25) is 0 Å². The van der Waals surface area contributed by atoms with Crippen molar-refractivity contribution in [1.82, 2.24) is 14.8 Å². The van der Waals surface area contributed by atoms with E-state index in [4.69, 9.17) is 5.10 Å². The van der Waals surface area contributed by atoms with Gasteiger partial charge in [0.05, 0.1) is 16.9 Å². The third kappa shape index (κ3) is 1.82. The van der Waals surface area contributed by atoms with Crippen molar-refractivity contribution in [2.24, 2.45) is 0 Å². The minimum absolute atomic E-state index is 0.690. The second-order valence-corrected chi connectivity index (χ2v) is 5.45. The van der Waals surface area contributed by atoms with Crippen molar-refractivity contribution in [3.63, 3.8) is 0 Å². The molecule has 1 aromatic carbocycles. The van der Waals surface area contributed by atoms with Crippen molar-refractivity contribution in [2.45, 2.75) is 32.1 Å². The van der Waals surface area contributed by atoms with Crippen LogP contribution in [0.3, 0.4) is 0 Å². The van der Waals surface area contributed by atoms with Crippen LogP contribution in [0.4, 0.5) is 0 Å². The highest BCUT2D eigenvalue weighted by Gasteiger charge is 2.28. The highest BCUT2D eigenvalue weighted by atomic mass is 15.3. The highest BCUT2D eigenvalue weighted by Crippen LogP contribution is 2.41. The molecule has 0 spiro atoms. The third-order valence-corrected chi connectivity index (χ3v) is 4.00. The summed E-state index contributed by atoms with van der Waals surface area (Å²) in [6.07, 6.45) is 5.40. The standard InChI is InChI=1S/C17H17N3/c1-2-13-11-17(12-8-9-12)20(19-13)16-7-3-6-15-14(16)5-4-10-18-15/h3-7,10-12H,2,8-9H2,1H3. The van der Waals surface area contributed by atoms with Gasteiger partial charge in [0, 0.05) is 23.2 Å². The molecule has 1 fully saturated rings. The summed E-state index contributed by atoms with van der Waals surface area (Å²) in [5.41, 5.74) is 4.71. The first-order valence-electron chi connectivity index (χ1n) is 7.30. The minimum atomic E-state index is 0.690. The van der Waals surface area contributed by atoms with E-state index in [0.717, 1.165) is 17.6 Å². The zero-order valence-corrected chi connectivity index (χ0v) is 11.6. The molecule has 3 nitrogen and oxygen atoms in total. The number of pyridine rings is 1. The van der Waals surface area contributed by atoms with Crippen molar-refractivity contribution in [1.29, 1.82) is 0 Å². The molecule has 1 aliphatic carbocycles. The van der Waals surface area contributed by atoms with E-state index in [2.05, 4.69) is 46.9 Å². The van der Waals surface area contributed by atoms with Crippen LogP contribution in [0.2, 0.25) is 0 Å². The van der Waals surface area contributed by atoms with Crippen LogP contribution in [0.25, 0.3) is 16.6 Å². The van der Waals surface area contributed by atoms with Gasteiger partial charge in [-0.3, -0.25) is 4.98 Å². The minimum Gasteiger partial charge on any atom is -0.256 e. The lowest BCUT2D eigenvalue weighted by Gasteiger charge is -2.09. The molecule has 2 heterocycles. The van der Waals surface area contributed by atoms with Crippen molar-refractivity contribution in [3.8, 4) is 5.69 Å². The molecule has 100 valence electrons. The molecule has 4 rings (SSSR count). The second kappa shape index (κ2) is 4.44. The van der Waals surface area contributed by atoms with Gasteiger partial charge >= 0.3 is 0 Å². The zero-order chi connectivity index (χ0) is 13.5. The number of aromatic nitrogens is 3. The summed E-state index contributed by atoms with van der Waals surface area (Å²) in [6, 6.07) is 12.7. The van der Waals surface area contributed by atoms with E-state index in [9.17, 15) is 0 Å². The number of rotatable bonds is 3. The van der Waals surface area contributed by atoms with E-state index in [1.54, 1.807) is 0 Å². The Morgan fingerprint density at radius 1 is 1.20 bits per heavy atom. The Morgan fingerprint density at radius 3 is 2.90 bits per heavy atom. The van der Waals surface area contributed by atoms with Crippen molar-refractivity contribution < 1.29 is 0 Å². The first-order valence-corrected chi connectivity index (χ1v) is 7.30. The fraction of sp³-hybridized carbons (Fsp3) is 0.294. The maximum atomic E-state index is 4.80. The van der Waals surface area contributed by atoms with E-state index < -0.39 is 0 Å². The Balaban J connectivity index is 1.96. The van der Waals surface area contributed by atoms with Crippen LogP contribution in [0.1, 0.15) is 37.1 Å². The molecule has 1 aliphatic rings. The molecule has 0 bridgehead atoms. The number of hydrogen-bond donors (Lipinski definition) is 0. The van der Waals surface area contributed by atoms with Crippen molar-refractivity contribution in [3.05, 3.63) is 54.0 Å². The normalized spacial score (nSPS) is 14.8. The van der Waals surface area contributed by atoms with E-state index >= 15 is 0 Å². The molecular formula is C17H17N3. The molecule has 0 atom stereocenters. The van der Waals surface area contributed by atoms with E-state index in [1.807, 2.05) is 12.3 Å². The molecule has 0 radical (unpaired) electrons. The van der Waals surface area contributed by atoms with Crippen LogP contribution >= 0.6 is 0 Å². The van der Waals surface area contributed by atoms with Crippen LogP contribution in [-0.2, 0) is 6.42 Å². The van der Waals surface area contributed by atoms with E-state index in [1.165, 1.54) is 29.6 Å². The lowest BCUT2D eigenvalue weighted by Crippen LogP contribution is -2.02. The van der Waals surface area contributed by atoms with Gasteiger partial charge in [-0.05, 0) is 49.6 Å². The van der Waals surface area contributed by atoms with Gasteiger partial charge in [0.15, 0.2) is 0 Å². The van der Waals surface area contributed by atoms with Crippen LogP contribution in [0, 0.1) is 0 Å². The molecule has 20 heavy (non-hydrogen) atoms. The molecule has 0 saturated heterocycles. The molecule has 0 N–H and O–H groups in total. The summed E-state index contributed by atoms with van der Waals surface area (Å²) in [5.74, 6) is 0.690. The lowest BCUT2D eigenvalue weighted by atomic mass is 10.1. The number of nitrogens with zero attached hydrogens (tertiary/aromatic N) is 3. The smallest absolute Gasteiger partial charge is 0.0743 e. The fourth-order valence-electron chi connectivity index (χ4n) is 2.75. The Bertz CT molecular complexity index is 764. The number of aryl methyl sites for hydroxylation is 1. The summed E-state index contributed by atoms with van der Waals surface area (Å²) < 4.78 is 2.14. The Labute approximate surface area is 118 Å². The molecular weight excluding hydrogens is 246 g/mol. The van der Waals surface area contributed by atoms with Crippen LogP contribution in [0.5, 0.6) is 0 Å². The second-order valence-electron chi connectivity index (χ2n) is 5.45. The molecule has 0 unspecified atom stereocenters. The Hall–Kier alpha value is -2.16. The number of fused-ring (bicyclic) bond motifs is 1. The maximum absolute atomic E-state index is 4.80. The number of benzene rings is 1. The summed E-state index contributed by atoms with van der Waals surface area (Å²) in [5, 5.41) is 5.97. The van der Waals surface area contributed by atoms with Gasteiger partial charge in [-0.15, -0.1) is 0 Å². The molecule has 3 heteroatoms. The fourth-order valence-corrected chi connectivity index (χ4v) is 2.75. The lowest BCUT2D eigenvalue weighted by molar-refractivity contribution is 0.794. The molecule has 0 aliphatic heterocycles. The molecule has 1 saturated carbocycles. The quantitative estimate of drug-likeness (QED) is 0.718. The Kier molecular flexibility index (Phi) is 2.59. The average Bonchev–Trinajstić information content (AvgIpc) is 3.26. The van der Waals surface area contributed by atoms with Crippen LogP contribution < -0.4 is 0 Å². The van der Waals surface area contributed by atoms with E-state index in [0.29, 0.717) is 5.92 Å². The first-order chi connectivity index (χ1) is 9.86. The summed E-state index contributed by atoms with van der Waals surface area (Å²) in [7, 11) is 0. The van der Waals surface area contributed by atoms with Gasteiger partial charge in [0.1, 0.15) is 0 Å². The molecule has 0 amide bonds. The summed E-state index contributed by atoms with van der Waals surface area (Å²) in [6.45, 7) is 2.16. The predicted molar refractivity (Wildman–Crippen MR) is 80.2 cm³/mol. The van der Waals surface area contributed by atoms with Gasteiger partial charge in [0.25, 0.3) is 0 Å². The zero-order valence-electron chi connectivity index (χ0n) is 11.6. The molecule has 3 aromatic rings. The van der Waals surface area contributed by atoms with Gasteiger partial charge in [-0.25, -0.2) is 4.68 Å². The topological polar surface area (TPSA) is 30.7 Å². The van der Waals surface area contributed by atoms with Gasteiger partial charge in [-0.2, -0.15) is 5.10 Å². The van der Waals surface area contributed by atoms with Gasteiger partial charge < -0.3 is 0 Å². The Morgan fingerprint density at radius 2 is 2.10 bits per heavy atom. The molecule has 2 aromatic heterocycles. The van der Waals surface area contributed by atoms with E-state index in [-0.39, 0.29) is 0 Å². The highest BCUT2D eigenvalue weighted by molar-refractivity contribution is 5.87. The van der Waals surface area contributed by atoms with Gasteiger partial charge in [-0.1, -0.05) is 13.0 Å². The largest absolute Gasteiger partial charge is 0.256 e. The van der Waals surface area contributed by atoms with Crippen LogP contribution in [-0.4, -0.2) is 14.8 Å². The van der Waals surface area contributed by atoms with Crippen LogP contribution in [0.15, 0.2) is 42.6 Å². The monoisotopic (exact) mass is 263 g/mol. The maximum Gasteiger partial charge on any atom is 0.0743 e. The van der Waals surface area contributed by atoms with Crippen molar-refractivity contribution >= 4 is 10.9 Å². The predicted octanol–water partition coefficient (Wildman–Crippen LogP) is 3.86. The average molecular weight is 263 g/mol.